The normalized spacial score (nSPS) is 10.9. The number of pyridine rings is 1. The fourth-order valence-corrected chi connectivity index (χ4v) is 1.47. The average molecular weight is 270 g/mol. The third kappa shape index (κ3) is 3.82. The molecule has 0 saturated carbocycles. The highest BCUT2D eigenvalue weighted by Gasteiger charge is 2.20. The van der Waals surface area contributed by atoms with Gasteiger partial charge in [0.05, 0.1) is 0 Å². The SMILES string of the molecule is CC(C)(C)C(=O)Nc1ccc(Oc2ccncc2)cc1. The molecule has 2 rings (SSSR count). The number of hydrogen-bond donors (Lipinski definition) is 1. The summed E-state index contributed by atoms with van der Waals surface area (Å²) < 4.78 is 5.65. The lowest BCUT2D eigenvalue weighted by atomic mass is 9.95. The molecule has 4 heteroatoms. The summed E-state index contributed by atoms with van der Waals surface area (Å²) in [7, 11) is 0. The van der Waals surface area contributed by atoms with Crippen molar-refractivity contribution in [3.63, 3.8) is 0 Å². The molecule has 1 aromatic heterocycles. The maximum absolute atomic E-state index is 11.9. The fourth-order valence-electron chi connectivity index (χ4n) is 1.47. The number of amides is 1. The predicted molar refractivity (Wildman–Crippen MR) is 78.8 cm³/mol. The first kappa shape index (κ1) is 14.1. The zero-order chi connectivity index (χ0) is 14.6. The number of nitrogens with one attached hydrogen (secondary N) is 1. The van der Waals surface area contributed by atoms with Crippen LogP contribution in [0.3, 0.4) is 0 Å². The Morgan fingerprint density at radius 3 is 2.10 bits per heavy atom. The van der Waals surface area contributed by atoms with E-state index in [-0.39, 0.29) is 5.91 Å². The van der Waals surface area contributed by atoms with Crippen molar-refractivity contribution in [2.45, 2.75) is 20.8 Å². The van der Waals surface area contributed by atoms with Crippen molar-refractivity contribution in [3.05, 3.63) is 48.8 Å². The Hall–Kier alpha value is -2.36. The molecule has 0 radical (unpaired) electrons. The highest BCUT2D eigenvalue weighted by molar-refractivity contribution is 5.94. The molecule has 1 N–H and O–H groups in total. The van der Waals surface area contributed by atoms with Gasteiger partial charge in [0.15, 0.2) is 0 Å². The van der Waals surface area contributed by atoms with E-state index < -0.39 is 5.41 Å². The first-order valence-corrected chi connectivity index (χ1v) is 6.44. The highest BCUT2D eigenvalue weighted by Crippen LogP contribution is 2.23. The largest absolute Gasteiger partial charge is 0.457 e. The van der Waals surface area contributed by atoms with E-state index in [0.29, 0.717) is 5.75 Å². The van der Waals surface area contributed by atoms with Gasteiger partial charge in [0.2, 0.25) is 5.91 Å². The van der Waals surface area contributed by atoms with Crippen LogP contribution in [0.5, 0.6) is 11.5 Å². The van der Waals surface area contributed by atoms with Gasteiger partial charge in [0.1, 0.15) is 11.5 Å². The van der Waals surface area contributed by atoms with E-state index in [1.807, 2.05) is 45.0 Å². The molecule has 1 aromatic carbocycles. The fraction of sp³-hybridized carbons (Fsp3) is 0.250. The Labute approximate surface area is 118 Å². The van der Waals surface area contributed by atoms with Crippen LogP contribution in [0, 0.1) is 5.41 Å². The van der Waals surface area contributed by atoms with Crippen molar-refractivity contribution in [1.82, 2.24) is 4.98 Å². The Balaban J connectivity index is 2.02. The van der Waals surface area contributed by atoms with Gasteiger partial charge in [-0.2, -0.15) is 0 Å². The summed E-state index contributed by atoms with van der Waals surface area (Å²) in [5, 5.41) is 2.87. The second-order valence-electron chi connectivity index (χ2n) is 5.51. The van der Waals surface area contributed by atoms with Crippen LogP contribution in [0.2, 0.25) is 0 Å². The molecule has 104 valence electrons. The van der Waals surface area contributed by atoms with Crippen LogP contribution < -0.4 is 10.1 Å². The molecule has 0 spiro atoms. The van der Waals surface area contributed by atoms with Crippen LogP contribution in [0.1, 0.15) is 20.8 Å². The zero-order valence-corrected chi connectivity index (χ0v) is 11.9. The van der Waals surface area contributed by atoms with E-state index in [1.165, 1.54) is 0 Å². The Morgan fingerprint density at radius 1 is 1.00 bits per heavy atom. The number of ether oxygens (including phenoxy) is 1. The van der Waals surface area contributed by atoms with Gasteiger partial charge in [-0.15, -0.1) is 0 Å². The molecule has 0 aliphatic carbocycles. The molecule has 0 unspecified atom stereocenters. The van der Waals surface area contributed by atoms with Gasteiger partial charge >= 0.3 is 0 Å². The van der Waals surface area contributed by atoms with Crippen molar-refractivity contribution in [2.75, 3.05) is 5.32 Å². The van der Waals surface area contributed by atoms with Crippen molar-refractivity contribution >= 4 is 11.6 Å². The summed E-state index contributed by atoms with van der Waals surface area (Å²) in [5.41, 5.74) is 0.346. The lowest BCUT2D eigenvalue weighted by Gasteiger charge is -2.17. The lowest BCUT2D eigenvalue weighted by molar-refractivity contribution is -0.123. The Bertz CT molecular complexity index is 572. The second kappa shape index (κ2) is 5.74. The maximum Gasteiger partial charge on any atom is 0.229 e. The van der Waals surface area contributed by atoms with E-state index in [4.69, 9.17) is 4.74 Å². The Morgan fingerprint density at radius 2 is 1.55 bits per heavy atom. The summed E-state index contributed by atoms with van der Waals surface area (Å²) in [6, 6.07) is 10.8. The van der Waals surface area contributed by atoms with Gasteiger partial charge in [-0.3, -0.25) is 9.78 Å². The van der Waals surface area contributed by atoms with Crippen molar-refractivity contribution in [1.29, 1.82) is 0 Å². The molecule has 0 saturated heterocycles. The van der Waals surface area contributed by atoms with Crippen LogP contribution in [-0.2, 0) is 4.79 Å². The number of carbonyl (C=O) groups excluding carboxylic acids is 1. The van der Waals surface area contributed by atoms with Crippen LogP contribution in [0.25, 0.3) is 0 Å². The summed E-state index contributed by atoms with van der Waals surface area (Å²) in [5.74, 6) is 1.43. The number of carbonyl (C=O) groups is 1. The third-order valence-electron chi connectivity index (χ3n) is 2.68. The first-order chi connectivity index (χ1) is 9.45. The molecule has 2 aromatic rings. The molecule has 0 atom stereocenters. The molecule has 1 heterocycles. The number of hydrogen-bond acceptors (Lipinski definition) is 3. The quantitative estimate of drug-likeness (QED) is 0.921. The topological polar surface area (TPSA) is 51.2 Å². The number of benzene rings is 1. The summed E-state index contributed by atoms with van der Waals surface area (Å²) in [4.78, 5) is 15.8. The van der Waals surface area contributed by atoms with Gasteiger partial charge in [0, 0.05) is 23.5 Å². The average Bonchev–Trinajstić information content (AvgIpc) is 2.41. The van der Waals surface area contributed by atoms with Gasteiger partial charge in [0.25, 0.3) is 0 Å². The van der Waals surface area contributed by atoms with Gasteiger partial charge in [-0.05, 0) is 36.4 Å². The summed E-state index contributed by atoms with van der Waals surface area (Å²) in [6.07, 6.45) is 3.35. The van der Waals surface area contributed by atoms with Crippen LogP contribution in [0.4, 0.5) is 5.69 Å². The van der Waals surface area contributed by atoms with Crippen LogP contribution in [0.15, 0.2) is 48.8 Å². The summed E-state index contributed by atoms with van der Waals surface area (Å²) in [6.45, 7) is 5.63. The highest BCUT2D eigenvalue weighted by atomic mass is 16.5. The molecule has 0 bridgehead atoms. The smallest absolute Gasteiger partial charge is 0.229 e. The minimum Gasteiger partial charge on any atom is -0.457 e. The first-order valence-electron chi connectivity index (χ1n) is 6.44. The van der Waals surface area contributed by atoms with E-state index >= 15 is 0 Å². The van der Waals surface area contributed by atoms with Gasteiger partial charge in [-0.1, -0.05) is 20.8 Å². The number of anilines is 1. The van der Waals surface area contributed by atoms with Crippen molar-refractivity contribution in [3.8, 4) is 11.5 Å². The minimum atomic E-state index is -0.411. The molecule has 1 amide bonds. The van der Waals surface area contributed by atoms with Crippen molar-refractivity contribution < 1.29 is 9.53 Å². The molecular weight excluding hydrogens is 252 g/mol. The predicted octanol–water partition coefficient (Wildman–Crippen LogP) is 3.86. The second-order valence-corrected chi connectivity index (χ2v) is 5.51. The van der Waals surface area contributed by atoms with E-state index in [1.54, 1.807) is 24.5 Å². The molecule has 0 aliphatic rings. The molecule has 0 fully saturated rings. The van der Waals surface area contributed by atoms with Gasteiger partial charge in [-0.25, -0.2) is 0 Å². The standard InChI is InChI=1S/C16H18N2O2/c1-16(2,3)15(19)18-12-4-6-13(7-5-12)20-14-8-10-17-11-9-14/h4-11H,1-3H3,(H,18,19). The molecular formula is C16H18N2O2. The number of aromatic nitrogens is 1. The zero-order valence-electron chi connectivity index (χ0n) is 11.9. The maximum atomic E-state index is 11.9. The van der Waals surface area contributed by atoms with E-state index in [9.17, 15) is 4.79 Å². The van der Waals surface area contributed by atoms with E-state index in [2.05, 4.69) is 10.3 Å². The lowest BCUT2D eigenvalue weighted by Crippen LogP contribution is -2.27. The summed E-state index contributed by atoms with van der Waals surface area (Å²) >= 11 is 0. The monoisotopic (exact) mass is 270 g/mol. The molecule has 0 aliphatic heterocycles. The van der Waals surface area contributed by atoms with E-state index in [0.717, 1.165) is 11.4 Å². The minimum absolute atomic E-state index is 0.0136. The number of rotatable bonds is 3. The molecule has 4 nitrogen and oxygen atoms in total. The van der Waals surface area contributed by atoms with Crippen LogP contribution >= 0.6 is 0 Å². The third-order valence-corrected chi connectivity index (χ3v) is 2.68. The Kier molecular flexibility index (Phi) is 4.03. The van der Waals surface area contributed by atoms with Gasteiger partial charge < -0.3 is 10.1 Å². The van der Waals surface area contributed by atoms with Crippen LogP contribution in [-0.4, -0.2) is 10.9 Å². The molecule has 20 heavy (non-hydrogen) atoms. The van der Waals surface area contributed by atoms with Crippen molar-refractivity contribution in [2.24, 2.45) is 5.41 Å². The number of nitrogens with zero attached hydrogens (tertiary/aromatic N) is 1.